The van der Waals surface area contributed by atoms with Gasteiger partial charge in [0.15, 0.2) is 9.84 Å². The van der Waals surface area contributed by atoms with E-state index in [-0.39, 0.29) is 35.6 Å². The summed E-state index contributed by atoms with van der Waals surface area (Å²) >= 11 is 0. The maximum absolute atomic E-state index is 12.4. The van der Waals surface area contributed by atoms with Crippen molar-refractivity contribution in [3.05, 3.63) is 24.3 Å². The van der Waals surface area contributed by atoms with Crippen LogP contribution in [-0.4, -0.2) is 47.5 Å². The quantitative estimate of drug-likeness (QED) is 0.584. The van der Waals surface area contributed by atoms with E-state index in [9.17, 15) is 16.8 Å². The normalized spacial score (nSPS) is 13.8. The van der Waals surface area contributed by atoms with Gasteiger partial charge in [-0.25, -0.2) is 21.6 Å². The summed E-state index contributed by atoms with van der Waals surface area (Å²) < 4.78 is 55.6. The van der Waals surface area contributed by atoms with E-state index in [1.165, 1.54) is 24.3 Å². The molecule has 1 aromatic carbocycles. The second kappa shape index (κ2) is 9.51. The smallest absolute Gasteiger partial charge is 0.240 e. The van der Waals surface area contributed by atoms with Gasteiger partial charge in [-0.3, -0.25) is 0 Å². The van der Waals surface area contributed by atoms with Crippen molar-refractivity contribution in [2.24, 2.45) is 11.7 Å². The molecule has 3 N–H and O–H groups in total. The molecule has 1 aromatic rings. The summed E-state index contributed by atoms with van der Waals surface area (Å²) in [5, 5.41) is 0. The minimum Gasteiger partial charge on any atom is -0.493 e. The molecule has 0 saturated carbocycles. The lowest BCUT2D eigenvalue weighted by Gasteiger charge is -2.19. The topological polar surface area (TPSA) is 116 Å². The molecule has 0 amide bonds. The Labute approximate surface area is 150 Å². The summed E-state index contributed by atoms with van der Waals surface area (Å²) in [6, 6.07) is 5.55. The number of benzene rings is 1. The summed E-state index contributed by atoms with van der Waals surface area (Å²) in [5.41, 5.74) is 5.64. The molecule has 9 heteroatoms. The molecule has 144 valence electrons. The monoisotopic (exact) mass is 392 g/mol. The Morgan fingerprint density at radius 1 is 1.12 bits per heavy atom. The molecule has 0 radical (unpaired) electrons. The molecule has 0 aliphatic carbocycles. The van der Waals surface area contributed by atoms with Crippen molar-refractivity contribution in [3.63, 3.8) is 0 Å². The van der Waals surface area contributed by atoms with E-state index in [1.54, 1.807) is 6.92 Å². The van der Waals surface area contributed by atoms with Gasteiger partial charge in [0.25, 0.3) is 0 Å². The first kappa shape index (κ1) is 21.9. The zero-order valence-corrected chi connectivity index (χ0v) is 16.6. The molecule has 0 spiro atoms. The number of hydrogen-bond acceptors (Lipinski definition) is 6. The van der Waals surface area contributed by atoms with Crippen LogP contribution in [0.3, 0.4) is 0 Å². The number of nitrogens with one attached hydrogen (secondary N) is 1. The Morgan fingerprint density at radius 3 is 2.20 bits per heavy atom. The maximum Gasteiger partial charge on any atom is 0.240 e. The van der Waals surface area contributed by atoms with Gasteiger partial charge in [-0.05, 0) is 36.6 Å². The molecular weight excluding hydrogens is 364 g/mol. The second-order valence-corrected chi connectivity index (χ2v) is 10.4. The summed E-state index contributed by atoms with van der Waals surface area (Å²) in [4.78, 5) is 0.114. The van der Waals surface area contributed by atoms with Crippen molar-refractivity contribution in [2.75, 3.05) is 24.7 Å². The zero-order chi connectivity index (χ0) is 19.1. The molecule has 0 saturated heterocycles. The molecule has 0 aliphatic heterocycles. The molecule has 0 bridgehead atoms. The van der Waals surface area contributed by atoms with Crippen molar-refractivity contribution < 1.29 is 21.6 Å². The van der Waals surface area contributed by atoms with Crippen LogP contribution in [0.1, 0.15) is 27.2 Å². The lowest BCUT2D eigenvalue weighted by molar-refractivity contribution is 0.340. The molecule has 0 aliphatic rings. The minimum absolute atomic E-state index is 0.0319. The third-order valence-corrected chi connectivity index (χ3v) is 6.80. The molecular formula is C16H28N2O5S2. The Hall–Kier alpha value is -1.16. The van der Waals surface area contributed by atoms with E-state index in [1.807, 2.05) is 13.8 Å². The minimum atomic E-state index is -3.66. The fourth-order valence-electron chi connectivity index (χ4n) is 2.19. The highest BCUT2D eigenvalue weighted by molar-refractivity contribution is 7.91. The van der Waals surface area contributed by atoms with Crippen LogP contribution in [0.4, 0.5) is 0 Å². The van der Waals surface area contributed by atoms with Crippen molar-refractivity contribution >= 4 is 19.9 Å². The summed E-state index contributed by atoms with van der Waals surface area (Å²) in [6.07, 6.45) is 0.656. The molecule has 1 unspecified atom stereocenters. The van der Waals surface area contributed by atoms with Crippen LogP contribution in [0.2, 0.25) is 0 Å². The van der Waals surface area contributed by atoms with Gasteiger partial charge in [-0.15, -0.1) is 0 Å². The fourth-order valence-corrected chi connectivity index (χ4v) is 4.08. The van der Waals surface area contributed by atoms with Crippen molar-refractivity contribution in [1.82, 2.24) is 4.72 Å². The van der Waals surface area contributed by atoms with Crippen LogP contribution >= 0.6 is 0 Å². The lowest BCUT2D eigenvalue weighted by Crippen LogP contribution is -2.40. The van der Waals surface area contributed by atoms with E-state index in [4.69, 9.17) is 10.5 Å². The van der Waals surface area contributed by atoms with E-state index in [0.717, 1.165) is 0 Å². The van der Waals surface area contributed by atoms with Crippen molar-refractivity contribution in [1.29, 1.82) is 0 Å². The van der Waals surface area contributed by atoms with E-state index in [2.05, 4.69) is 4.72 Å². The number of hydrogen-bond donors (Lipinski definition) is 2. The average Bonchev–Trinajstić information content (AvgIpc) is 2.54. The molecule has 1 rings (SSSR count). The number of sulfonamides is 1. The van der Waals surface area contributed by atoms with Crippen LogP contribution < -0.4 is 15.2 Å². The van der Waals surface area contributed by atoms with Gasteiger partial charge in [-0.1, -0.05) is 20.8 Å². The van der Waals surface area contributed by atoms with Gasteiger partial charge < -0.3 is 10.5 Å². The Balaban J connectivity index is 2.70. The highest BCUT2D eigenvalue weighted by Gasteiger charge is 2.20. The van der Waals surface area contributed by atoms with Gasteiger partial charge in [-0.2, -0.15) is 0 Å². The predicted molar refractivity (Wildman–Crippen MR) is 98.9 cm³/mol. The number of ether oxygens (including phenoxy) is 1. The molecule has 25 heavy (non-hydrogen) atoms. The SMILES string of the molecule is CCS(=O)(=O)CCOc1ccc(S(=O)(=O)NC(CN)CC(C)C)cc1. The third kappa shape index (κ3) is 7.72. The molecule has 0 fully saturated rings. The van der Waals surface area contributed by atoms with Gasteiger partial charge in [0, 0.05) is 18.3 Å². The van der Waals surface area contributed by atoms with Crippen LogP contribution in [-0.2, 0) is 19.9 Å². The Bertz CT molecular complexity index is 728. The fraction of sp³-hybridized carbons (Fsp3) is 0.625. The average molecular weight is 393 g/mol. The molecule has 7 nitrogen and oxygen atoms in total. The number of sulfone groups is 1. The van der Waals surface area contributed by atoms with Crippen molar-refractivity contribution in [3.8, 4) is 5.75 Å². The zero-order valence-electron chi connectivity index (χ0n) is 14.9. The first-order valence-electron chi connectivity index (χ1n) is 8.25. The highest BCUT2D eigenvalue weighted by atomic mass is 32.2. The van der Waals surface area contributed by atoms with E-state index < -0.39 is 19.9 Å². The Kier molecular flexibility index (Phi) is 8.33. The first-order valence-corrected chi connectivity index (χ1v) is 11.6. The summed E-state index contributed by atoms with van der Waals surface area (Å²) in [6.45, 7) is 5.84. The molecule has 0 aromatic heterocycles. The third-order valence-electron chi connectivity index (χ3n) is 3.60. The number of rotatable bonds is 11. The highest BCUT2D eigenvalue weighted by Crippen LogP contribution is 2.17. The van der Waals surface area contributed by atoms with Crippen LogP contribution in [0.15, 0.2) is 29.2 Å². The standard InChI is InChI=1S/C16H28N2O5S2/c1-4-24(19,20)10-9-23-15-5-7-16(8-6-15)25(21,22)18-14(12-17)11-13(2)3/h5-8,13-14,18H,4,9-12,17H2,1-3H3. The molecule has 1 atom stereocenters. The maximum atomic E-state index is 12.4. The largest absolute Gasteiger partial charge is 0.493 e. The second-order valence-electron chi connectivity index (χ2n) is 6.24. The van der Waals surface area contributed by atoms with Crippen LogP contribution in [0.25, 0.3) is 0 Å². The van der Waals surface area contributed by atoms with E-state index in [0.29, 0.717) is 18.1 Å². The Morgan fingerprint density at radius 2 is 1.72 bits per heavy atom. The lowest BCUT2D eigenvalue weighted by atomic mass is 10.1. The van der Waals surface area contributed by atoms with Gasteiger partial charge in [0.05, 0.1) is 10.6 Å². The van der Waals surface area contributed by atoms with Crippen LogP contribution in [0.5, 0.6) is 5.75 Å². The van der Waals surface area contributed by atoms with Gasteiger partial charge >= 0.3 is 0 Å². The molecule has 0 heterocycles. The first-order chi connectivity index (χ1) is 11.6. The predicted octanol–water partition coefficient (Wildman–Crippen LogP) is 1.15. The number of nitrogens with two attached hydrogens (primary N) is 1. The van der Waals surface area contributed by atoms with Gasteiger partial charge in [0.1, 0.15) is 12.4 Å². The van der Waals surface area contributed by atoms with Crippen LogP contribution in [0, 0.1) is 5.92 Å². The van der Waals surface area contributed by atoms with Gasteiger partial charge in [0.2, 0.25) is 10.0 Å². The summed E-state index contributed by atoms with van der Waals surface area (Å²) in [5.74, 6) is 0.741. The van der Waals surface area contributed by atoms with Crippen molar-refractivity contribution in [2.45, 2.75) is 38.1 Å². The summed E-state index contributed by atoms with van der Waals surface area (Å²) in [7, 11) is -6.75. The van der Waals surface area contributed by atoms with E-state index >= 15 is 0 Å².